The lowest BCUT2D eigenvalue weighted by Gasteiger charge is -2.12. The van der Waals surface area contributed by atoms with Crippen LogP contribution in [-0.4, -0.2) is 31.7 Å². The van der Waals surface area contributed by atoms with E-state index >= 15 is 0 Å². The second kappa shape index (κ2) is 17.6. The normalized spacial score (nSPS) is 10.7. The van der Waals surface area contributed by atoms with Gasteiger partial charge in [-0.1, -0.05) is 69.4 Å². The van der Waals surface area contributed by atoms with Gasteiger partial charge in [0.15, 0.2) is 0 Å². The van der Waals surface area contributed by atoms with E-state index in [-0.39, 0.29) is 0 Å². The lowest BCUT2D eigenvalue weighted by molar-refractivity contribution is 0.0722. The third kappa shape index (κ3) is 10.5. The zero-order chi connectivity index (χ0) is 31.9. The average molecular weight is 610 g/mol. The number of hydrogen-bond donors (Lipinski definition) is 1. The van der Waals surface area contributed by atoms with Crippen molar-refractivity contribution in [3.05, 3.63) is 108 Å². The van der Waals surface area contributed by atoms with Gasteiger partial charge in [-0.05, 0) is 104 Å². The third-order valence-corrected chi connectivity index (χ3v) is 7.28. The van der Waals surface area contributed by atoms with E-state index in [4.69, 9.17) is 24.7 Å². The van der Waals surface area contributed by atoms with Gasteiger partial charge < -0.3 is 24.7 Å². The zero-order valence-corrected chi connectivity index (χ0v) is 26.3. The van der Waals surface area contributed by atoms with Crippen LogP contribution in [0.25, 0.3) is 11.1 Å². The molecular weight excluding hydrogens is 566 g/mol. The maximum atomic E-state index is 12.9. The lowest BCUT2D eigenvalue weighted by Crippen LogP contribution is -2.13. The Morgan fingerprint density at radius 3 is 1.78 bits per heavy atom. The van der Waals surface area contributed by atoms with Crippen LogP contribution in [0.15, 0.2) is 91.0 Å². The number of esters is 2. The Balaban J connectivity index is 1.27. The molecule has 0 saturated carbocycles. The Morgan fingerprint density at radius 1 is 0.600 bits per heavy atom. The molecule has 0 amide bonds. The van der Waals surface area contributed by atoms with Gasteiger partial charge in [0.05, 0.1) is 18.8 Å². The monoisotopic (exact) mass is 609 g/mol. The molecule has 0 unspecified atom stereocenters. The first-order chi connectivity index (χ1) is 22.0. The number of benzene rings is 4. The van der Waals surface area contributed by atoms with Gasteiger partial charge in [-0.2, -0.15) is 0 Å². The summed E-state index contributed by atoms with van der Waals surface area (Å²) in [6, 6.07) is 26.9. The first-order valence-electron chi connectivity index (χ1n) is 15.8. The molecule has 7 nitrogen and oxygen atoms in total. The van der Waals surface area contributed by atoms with E-state index in [1.54, 1.807) is 54.6 Å². The summed E-state index contributed by atoms with van der Waals surface area (Å²) in [5.41, 5.74) is 9.21. The van der Waals surface area contributed by atoms with Crippen molar-refractivity contribution in [2.75, 3.05) is 19.8 Å². The van der Waals surface area contributed by atoms with Gasteiger partial charge in [0.2, 0.25) is 0 Å². The highest BCUT2D eigenvalue weighted by molar-refractivity contribution is 5.94. The van der Waals surface area contributed by atoms with Crippen molar-refractivity contribution < 1.29 is 28.5 Å². The molecule has 7 heteroatoms. The highest BCUT2D eigenvalue weighted by Crippen LogP contribution is 2.27. The predicted octanol–water partition coefficient (Wildman–Crippen LogP) is 8.57. The molecule has 0 aromatic heterocycles. The molecule has 236 valence electrons. The SMILES string of the molecule is CCCCCCCCOc1ccc(C(=O)Oc2ccc(-c3ccc(OC(=O)c4ccc(C)cc4OCCCN)cc3)cc2)cc1. The summed E-state index contributed by atoms with van der Waals surface area (Å²) in [6.07, 6.45) is 7.96. The minimum absolute atomic E-state index is 0.361. The van der Waals surface area contributed by atoms with Crippen LogP contribution in [0.3, 0.4) is 0 Å². The highest BCUT2D eigenvalue weighted by Gasteiger charge is 2.16. The van der Waals surface area contributed by atoms with E-state index in [0.717, 1.165) is 28.9 Å². The molecule has 0 aliphatic rings. The maximum Gasteiger partial charge on any atom is 0.347 e. The standard InChI is InChI=1S/C38H43NO6/c1-3-4-5-6-7-8-25-42-32-17-15-31(16-18-32)37(40)44-33-19-11-29(12-20-33)30-13-21-34(22-14-30)45-38(41)35-23-10-28(2)27-36(35)43-26-9-24-39/h10-23,27H,3-9,24-26,39H2,1-2H3. The Bertz CT molecular complexity index is 1500. The summed E-state index contributed by atoms with van der Waals surface area (Å²) < 4.78 is 22.8. The molecule has 0 bridgehead atoms. The first kappa shape index (κ1) is 33.3. The fraction of sp³-hybridized carbons (Fsp3) is 0.316. The largest absolute Gasteiger partial charge is 0.494 e. The van der Waals surface area contributed by atoms with Crippen molar-refractivity contribution in [2.45, 2.75) is 58.8 Å². The quantitative estimate of drug-likeness (QED) is 0.0727. The molecule has 0 fully saturated rings. The van der Waals surface area contributed by atoms with Crippen molar-refractivity contribution in [1.82, 2.24) is 0 Å². The molecule has 0 radical (unpaired) electrons. The van der Waals surface area contributed by atoms with E-state index in [2.05, 4.69) is 6.92 Å². The smallest absolute Gasteiger partial charge is 0.347 e. The number of aryl methyl sites for hydroxylation is 1. The van der Waals surface area contributed by atoms with Crippen LogP contribution in [0.4, 0.5) is 0 Å². The Kier molecular flexibility index (Phi) is 13.0. The topological polar surface area (TPSA) is 97.1 Å². The number of unbranched alkanes of at least 4 members (excludes halogenated alkanes) is 5. The van der Waals surface area contributed by atoms with E-state index in [1.807, 2.05) is 43.3 Å². The van der Waals surface area contributed by atoms with Gasteiger partial charge in [-0.25, -0.2) is 9.59 Å². The Hall–Kier alpha value is -4.62. The second-order valence-corrected chi connectivity index (χ2v) is 11.0. The minimum Gasteiger partial charge on any atom is -0.494 e. The van der Waals surface area contributed by atoms with E-state index < -0.39 is 11.9 Å². The number of carbonyl (C=O) groups excluding carboxylic acids is 2. The molecule has 0 aliphatic carbocycles. The van der Waals surface area contributed by atoms with Crippen LogP contribution in [0, 0.1) is 6.92 Å². The van der Waals surface area contributed by atoms with Crippen molar-refractivity contribution in [1.29, 1.82) is 0 Å². The third-order valence-electron chi connectivity index (χ3n) is 7.28. The molecule has 0 spiro atoms. The van der Waals surface area contributed by atoms with Gasteiger partial charge in [-0.3, -0.25) is 0 Å². The molecule has 0 heterocycles. The van der Waals surface area contributed by atoms with Gasteiger partial charge >= 0.3 is 11.9 Å². The van der Waals surface area contributed by atoms with Crippen molar-refractivity contribution in [2.24, 2.45) is 5.73 Å². The maximum absolute atomic E-state index is 12.9. The van der Waals surface area contributed by atoms with Gasteiger partial charge in [-0.15, -0.1) is 0 Å². The van der Waals surface area contributed by atoms with Crippen LogP contribution < -0.4 is 24.7 Å². The van der Waals surface area contributed by atoms with Gasteiger partial charge in [0, 0.05) is 0 Å². The predicted molar refractivity (Wildman–Crippen MR) is 177 cm³/mol. The Labute approximate surface area is 266 Å². The van der Waals surface area contributed by atoms with Crippen LogP contribution in [0.5, 0.6) is 23.0 Å². The van der Waals surface area contributed by atoms with Crippen LogP contribution in [-0.2, 0) is 0 Å². The fourth-order valence-electron chi connectivity index (χ4n) is 4.70. The number of nitrogens with two attached hydrogens (primary N) is 1. The van der Waals surface area contributed by atoms with Crippen molar-refractivity contribution in [3.63, 3.8) is 0 Å². The summed E-state index contributed by atoms with van der Waals surface area (Å²) in [7, 11) is 0. The van der Waals surface area contributed by atoms with Crippen LogP contribution >= 0.6 is 0 Å². The second-order valence-electron chi connectivity index (χ2n) is 11.0. The summed E-state index contributed by atoms with van der Waals surface area (Å²) in [6.45, 7) is 5.77. The molecule has 4 aromatic rings. The molecule has 0 aliphatic heterocycles. The van der Waals surface area contributed by atoms with Crippen molar-refractivity contribution in [3.8, 4) is 34.1 Å². The molecule has 4 aromatic carbocycles. The number of carbonyl (C=O) groups is 2. The molecule has 0 atom stereocenters. The van der Waals surface area contributed by atoms with E-state index in [9.17, 15) is 9.59 Å². The molecule has 4 rings (SSSR count). The molecular formula is C38H43NO6. The van der Waals surface area contributed by atoms with Crippen LogP contribution in [0.1, 0.15) is 78.1 Å². The highest BCUT2D eigenvalue weighted by atomic mass is 16.5. The number of ether oxygens (including phenoxy) is 4. The summed E-state index contributed by atoms with van der Waals surface area (Å²) >= 11 is 0. The van der Waals surface area contributed by atoms with Gasteiger partial charge in [0.25, 0.3) is 0 Å². The fourth-order valence-corrected chi connectivity index (χ4v) is 4.70. The van der Waals surface area contributed by atoms with E-state index in [0.29, 0.717) is 54.6 Å². The van der Waals surface area contributed by atoms with Crippen LogP contribution in [0.2, 0.25) is 0 Å². The average Bonchev–Trinajstić information content (AvgIpc) is 3.05. The first-order valence-corrected chi connectivity index (χ1v) is 15.8. The lowest BCUT2D eigenvalue weighted by atomic mass is 10.1. The summed E-state index contributed by atoms with van der Waals surface area (Å²) in [4.78, 5) is 25.6. The van der Waals surface area contributed by atoms with E-state index in [1.165, 1.54) is 32.1 Å². The van der Waals surface area contributed by atoms with Gasteiger partial charge in [0.1, 0.15) is 28.6 Å². The minimum atomic E-state index is -0.494. The number of hydrogen-bond acceptors (Lipinski definition) is 7. The molecule has 0 saturated heterocycles. The number of rotatable bonds is 17. The Morgan fingerprint density at radius 2 is 1.16 bits per heavy atom. The molecule has 45 heavy (non-hydrogen) atoms. The van der Waals surface area contributed by atoms with Crippen molar-refractivity contribution >= 4 is 11.9 Å². The summed E-state index contributed by atoms with van der Waals surface area (Å²) in [5, 5.41) is 0. The molecule has 2 N–H and O–H groups in total. The summed E-state index contributed by atoms with van der Waals surface area (Å²) in [5.74, 6) is 1.17. The zero-order valence-electron chi connectivity index (χ0n) is 26.3.